The Morgan fingerprint density at radius 2 is 1.65 bits per heavy atom. The van der Waals surface area contributed by atoms with Gasteiger partial charge < -0.3 is 62.9 Å². The van der Waals surface area contributed by atoms with E-state index in [9.17, 15) is 51.9 Å². The summed E-state index contributed by atoms with van der Waals surface area (Å²) in [4.78, 5) is 13.5. The highest BCUT2D eigenvalue weighted by atomic mass is 32.2. The highest BCUT2D eigenvalue weighted by Crippen LogP contribution is 2.45. The first-order valence-corrected chi connectivity index (χ1v) is 16.7. The van der Waals surface area contributed by atoms with E-state index in [1.807, 2.05) is 0 Å². The van der Waals surface area contributed by atoms with E-state index in [0.717, 1.165) is 12.1 Å². The number of aromatic hydroxyl groups is 1. The number of hydrogen-bond donors (Lipinski definition) is 5. The summed E-state index contributed by atoms with van der Waals surface area (Å²) in [5.41, 5.74) is -6.32. The zero-order valence-corrected chi connectivity index (χ0v) is 27.7. The van der Waals surface area contributed by atoms with Crippen molar-refractivity contribution in [2.75, 3.05) is 34.0 Å². The lowest BCUT2D eigenvalue weighted by atomic mass is 9.77. The number of phenols is 1. The van der Waals surface area contributed by atoms with Crippen molar-refractivity contribution in [3.05, 3.63) is 45.8 Å². The van der Waals surface area contributed by atoms with Crippen molar-refractivity contribution in [2.45, 2.75) is 55.5 Å². The molecule has 6 rings (SSSR count). The third kappa shape index (κ3) is 6.43. The largest absolute Gasteiger partial charge is 0.534 e. The lowest BCUT2D eigenvalue weighted by Crippen LogP contribution is -2.63. The van der Waals surface area contributed by atoms with Gasteiger partial charge in [-0.1, -0.05) is 0 Å². The highest BCUT2D eigenvalue weighted by molar-refractivity contribution is 7.88. The number of halogens is 3. The maximum absolute atomic E-state index is 13.5. The topological polar surface area (TPSA) is 226 Å². The second-order valence-electron chi connectivity index (χ2n) is 12.0. The first-order chi connectivity index (χ1) is 24.0. The van der Waals surface area contributed by atoms with Crippen LogP contribution in [0.5, 0.6) is 23.0 Å². The van der Waals surface area contributed by atoms with E-state index in [2.05, 4.69) is 4.18 Å². The van der Waals surface area contributed by atoms with Gasteiger partial charge in [0.1, 0.15) is 48.6 Å². The van der Waals surface area contributed by atoms with Gasteiger partial charge in [-0.3, -0.25) is 4.79 Å². The molecule has 0 radical (unpaired) electrons. The van der Waals surface area contributed by atoms with Crippen molar-refractivity contribution in [1.82, 2.24) is 0 Å². The molecule has 5 N–H and O–H groups in total. The molecule has 280 valence electrons. The fourth-order valence-corrected chi connectivity index (χ4v) is 6.99. The maximum atomic E-state index is 13.5. The van der Waals surface area contributed by atoms with Crippen molar-refractivity contribution in [3.8, 4) is 23.0 Å². The molecule has 0 bridgehead atoms. The van der Waals surface area contributed by atoms with E-state index < -0.39 is 107 Å². The SMILES string of the molecule is COc1cc(C2=c3cc(C(O)CO)c(OS(=O)(=O)C(F)(F)F)cc3=C(O[C@@H]3O[C@@H]4CO[C@@H](C)O[C@H]4[C@H](O)[C@H]3O)[C@H]3COC(=O)[C@H]23)cc(OC)c1O. The molecular weight excluding hydrogens is 717 g/mol. The van der Waals surface area contributed by atoms with Crippen molar-refractivity contribution >= 4 is 27.4 Å². The highest BCUT2D eigenvalue weighted by Gasteiger charge is 2.53. The molecule has 4 aliphatic rings. The Hall–Kier alpha value is -3.89. The van der Waals surface area contributed by atoms with Crippen LogP contribution in [-0.2, 0) is 38.6 Å². The first-order valence-electron chi connectivity index (χ1n) is 15.3. The Morgan fingerprint density at radius 3 is 2.25 bits per heavy atom. The number of aliphatic hydroxyl groups is 4. The van der Waals surface area contributed by atoms with Gasteiger partial charge in [-0.25, -0.2) is 0 Å². The zero-order chi connectivity index (χ0) is 37.2. The van der Waals surface area contributed by atoms with Crippen LogP contribution in [0.3, 0.4) is 0 Å². The summed E-state index contributed by atoms with van der Waals surface area (Å²) in [6, 6.07) is 4.43. The van der Waals surface area contributed by atoms with Crippen molar-refractivity contribution in [3.63, 3.8) is 0 Å². The normalized spacial score (nSPS) is 29.7. The molecule has 3 heterocycles. The second-order valence-corrected chi connectivity index (χ2v) is 13.5. The lowest BCUT2D eigenvalue weighted by Gasteiger charge is -2.46. The van der Waals surface area contributed by atoms with E-state index in [4.69, 9.17) is 33.2 Å². The van der Waals surface area contributed by atoms with Gasteiger partial charge >= 0.3 is 21.6 Å². The Labute approximate surface area is 286 Å². The average Bonchev–Trinajstić information content (AvgIpc) is 3.46. The minimum Gasteiger partial charge on any atom is -0.502 e. The number of cyclic esters (lactones) is 1. The van der Waals surface area contributed by atoms with Crippen molar-refractivity contribution in [2.24, 2.45) is 11.8 Å². The predicted octanol–water partition coefficient (Wildman–Crippen LogP) is -1.00. The van der Waals surface area contributed by atoms with Crippen LogP contribution in [0.4, 0.5) is 13.2 Å². The smallest absolute Gasteiger partial charge is 0.502 e. The molecule has 9 atom stereocenters. The summed E-state index contributed by atoms with van der Waals surface area (Å²) in [6.45, 7) is -0.0254. The van der Waals surface area contributed by atoms with Crippen LogP contribution in [0.1, 0.15) is 24.2 Å². The van der Waals surface area contributed by atoms with Gasteiger partial charge in [0, 0.05) is 10.8 Å². The summed E-state index contributed by atoms with van der Waals surface area (Å²) < 4.78 is 109. The minimum atomic E-state index is -6.35. The average molecular weight is 751 g/mol. The number of methoxy groups -OCH3 is 2. The molecule has 3 saturated heterocycles. The molecule has 0 spiro atoms. The standard InChI is InChI=1S/C31H33F3O16S/c1-11-45-10-21-28(47-11)25(38)26(39)30(48-21)49-27-14-7-18(50-51(41,42)31(32,33)34)15(17(36)8-35)6-13(14)22(23-16(27)9-46-29(23)40)12-4-19(43-2)24(37)20(5-12)44-3/h4-7,11,16-17,21,23,25-26,28,30,35-39H,8-10H2,1-3H3/t11-,16+,17?,21-,23+,25-,26-,28-,30+/m1/s1. The molecule has 0 aromatic heterocycles. The van der Waals surface area contributed by atoms with Crippen LogP contribution in [0.25, 0.3) is 11.3 Å². The van der Waals surface area contributed by atoms with E-state index in [1.54, 1.807) is 6.92 Å². The van der Waals surface area contributed by atoms with Gasteiger partial charge in [0.15, 0.2) is 17.8 Å². The van der Waals surface area contributed by atoms with Gasteiger partial charge in [0.25, 0.3) is 0 Å². The number of rotatable bonds is 9. The van der Waals surface area contributed by atoms with Crippen LogP contribution in [0, 0.1) is 11.8 Å². The number of hydrogen-bond acceptors (Lipinski definition) is 16. The minimum absolute atomic E-state index is 0.0685. The number of fused-ring (bicyclic) bond motifs is 3. The van der Waals surface area contributed by atoms with Gasteiger partial charge in [-0.15, -0.1) is 0 Å². The Bertz CT molecular complexity index is 1910. The number of carbonyl (C=O) groups is 1. The molecule has 2 aromatic rings. The monoisotopic (exact) mass is 750 g/mol. The third-order valence-corrected chi connectivity index (χ3v) is 9.91. The molecule has 20 heteroatoms. The number of alkyl halides is 3. The fourth-order valence-electron chi connectivity index (χ4n) is 6.51. The van der Waals surface area contributed by atoms with Crippen LogP contribution in [0.2, 0.25) is 0 Å². The Balaban J connectivity index is 1.66. The van der Waals surface area contributed by atoms with E-state index in [1.165, 1.54) is 26.4 Å². The van der Waals surface area contributed by atoms with Crippen LogP contribution >= 0.6 is 0 Å². The summed E-state index contributed by atoms with van der Waals surface area (Å²) in [5, 5.41) is 52.8. The van der Waals surface area contributed by atoms with E-state index in [0.29, 0.717) is 0 Å². The Morgan fingerprint density at radius 1 is 0.980 bits per heavy atom. The van der Waals surface area contributed by atoms with Crippen LogP contribution in [-0.4, -0.2) is 116 Å². The zero-order valence-electron chi connectivity index (χ0n) is 26.9. The summed E-state index contributed by atoms with van der Waals surface area (Å²) in [5.74, 6) is -5.20. The predicted molar refractivity (Wildman–Crippen MR) is 160 cm³/mol. The number of carbonyl (C=O) groups excluding carboxylic acids is 1. The van der Waals surface area contributed by atoms with Crippen molar-refractivity contribution in [1.29, 1.82) is 0 Å². The van der Waals surface area contributed by atoms with E-state index in [-0.39, 0.29) is 45.4 Å². The molecule has 3 fully saturated rings. The van der Waals surface area contributed by atoms with Gasteiger partial charge in [0.05, 0.1) is 39.3 Å². The number of benzene rings is 2. The molecule has 0 amide bonds. The maximum Gasteiger partial charge on any atom is 0.534 e. The van der Waals surface area contributed by atoms with Crippen LogP contribution in [0.15, 0.2) is 24.3 Å². The Kier molecular flexibility index (Phi) is 9.82. The van der Waals surface area contributed by atoms with Crippen molar-refractivity contribution < 1.29 is 89.3 Å². The first kappa shape index (κ1) is 36.9. The molecule has 1 unspecified atom stereocenters. The molecule has 1 aliphatic carbocycles. The fraction of sp³-hybridized carbons (Fsp3) is 0.516. The van der Waals surface area contributed by atoms with Crippen LogP contribution < -0.4 is 24.1 Å². The number of aliphatic hydroxyl groups excluding tert-OH is 4. The summed E-state index contributed by atoms with van der Waals surface area (Å²) in [6.07, 6.45) is -9.84. The van der Waals surface area contributed by atoms with Gasteiger partial charge in [0.2, 0.25) is 12.0 Å². The second kappa shape index (κ2) is 13.6. The van der Waals surface area contributed by atoms with Gasteiger partial charge in [-0.2, -0.15) is 21.6 Å². The summed E-state index contributed by atoms with van der Waals surface area (Å²) in [7, 11) is -3.87. The lowest BCUT2D eigenvalue weighted by molar-refractivity contribution is -0.348. The molecule has 3 aliphatic heterocycles. The molecule has 16 nitrogen and oxygen atoms in total. The molecule has 2 aromatic carbocycles. The number of phenolic OH excluding ortho intramolecular Hbond substituents is 1. The molecule has 0 saturated carbocycles. The molecular formula is C31H33F3O16S. The molecule has 51 heavy (non-hydrogen) atoms. The summed E-state index contributed by atoms with van der Waals surface area (Å²) >= 11 is 0. The third-order valence-electron chi connectivity index (χ3n) is 8.95. The number of ether oxygens (including phenoxy) is 7. The quantitative estimate of drug-likeness (QED) is 0.118. The van der Waals surface area contributed by atoms with E-state index >= 15 is 0 Å². The number of esters is 1. The van der Waals surface area contributed by atoms with Gasteiger partial charge in [-0.05, 0) is 47.5 Å².